The Morgan fingerprint density at radius 1 is 1.09 bits per heavy atom. The molecule has 1 heterocycles. The fraction of sp³-hybridized carbons (Fsp3) is 0.360. The number of nitrogens with one attached hydrogen (secondary N) is 1. The van der Waals surface area contributed by atoms with Crippen molar-refractivity contribution >= 4 is 23.9 Å². The van der Waals surface area contributed by atoms with E-state index >= 15 is 0 Å². The second-order valence-electron chi connectivity index (χ2n) is 8.53. The molecule has 2 unspecified atom stereocenters. The third kappa shape index (κ3) is 4.33. The number of carbonyl (C=O) groups is 4. The summed E-state index contributed by atoms with van der Waals surface area (Å²) in [6.07, 6.45) is -0.551. The first-order valence-corrected chi connectivity index (χ1v) is 11.2. The first-order valence-electron chi connectivity index (χ1n) is 11.2. The number of carboxylic acid groups (broad SMARTS) is 1. The lowest BCUT2D eigenvalue weighted by Gasteiger charge is -2.38. The number of fused-ring (bicyclic) bond motifs is 3. The van der Waals surface area contributed by atoms with Crippen LogP contribution in [0.2, 0.25) is 0 Å². The lowest BCUT2D eigenvalue weighted by molar-refractivity contribution is -0.159. The van der Waals surface area contributed by atoms with E-state index < -0.39 is 30.1 Å². The molecule has 1 aliphatic carbocycles. The van der Waals surface area contributed by atoms with Gasteiger partial charge in [-0.25, -0.2) is 9.59 Å². The van der Waals surface area contributed by atoms with Crippen LogP contribution in [0, 0.1) is 0 Å². The number of benzene rings is 2. The molecular formula is C25H27N3O6. The second-order valence-corrected chi connectivity index (χ2v) is 8.53. The Morgan fingerprint density at radius 2 is 1.68 bits per heavy atom. The van der Waals surface area contributed by atoms with Crippen molar-refractivity contribution in [1.29, 1.82) is 0 Å². The zero-order valence-corrected chi connectivity index (χ0v) is 19.1. The SMILES string of the molecule is CCC(NC(=O)OCC1c2ccccc2-c2ccccc21)C(=O)N1CC(=O)N(C)CC1C(=O)O. The van der Waals surface area contributed by atoms with Crippen LogP contribution in [0.5, 0.6) is 0 Å². The molecule has 2 aliphatic rings. The molecule has 0 aromatic heterocycles. The van der Waals surface area contributed by atoms with Crippen molar-refractivity contribution in [3.8, 4) is 11.1 Å². The van der Waals surface area contributed by atoms with Gasteiger partial charge in [-0.15, -0.1) is 0 Å². The Balaban J connectivity index is 1.43. The molecule has 9 heteroatoms. The van der Waals surface area contributed by atoms with E-state index in [9.17, 15) is 24.3 Å². The number of alkyl carbamates (subject to hydrolysis) is 1. The van der Waals surface area contributed by atoms with E-state index in [4.69, 9.17) is 4.74 Å². The molecular weight excluding hydrogens is 438 g/mol. The average Bonchev–Trinajstić information content (AvgIpc) is 3.15. The summed E-state index contributed by atoms with van der Waals surface area (Å²) in [5, 5.41) is 12.1. The van der Waals surface area contributed by atoms with E-state index in [1.165, 1.54) is 11.9 Å². The van der Waals surface area contributed by atoms with Gasteiger partial charge in [-0.05, 0) is 28.7 Å². The maximum Gasteiger partial charge on any atom is 0.407 e. The lowest BCUT2D eigenvalue weighted by Crippen LogP contribution is -2.63. The third-order valence-electron chi connectivity index (χ3n) is 6.46. The van der Waals surface area contributed by atoms with Gasteiger partial charge in [-0.1, -0.05) is 55.5 Å². The monoisotopic (exact) mass is 465 g/mol. The first-order chi connectivity index (χ1) is 16.3. The van der Waals surface area contributed by atoms with Crippen LogP contribution in [0.3, 0.4) is 0 Å². The van der Waals surface area contributed by atoms with Crippen LogP contribution in [-0.2, 0) is 19.1 Å². The van der Waals surface area contributed by atoms with Gasteiger partial charge in [-0.2, -0.15) is 0 Å². The highest BCUT2D eigenvalue weighted by molar-refractivity contribution is 5.94. The van der Waals surface area contributed by atoms with Gasteiger partial charge in [0.15, 0.2) is 0 Å². The molecule has 9 nitrogen and oxygen atoms in total. The van der Waals surface area contributed by atoms with Crippen LogP contribution >= 0.6 is 0 Å². The maximum absolute atomic E-state index is 13.0. The van der Waals surface area contributed by atoms with Gasteiger partial charge in [0, 0.05) is 13.0 Å². The van der Waals surface area contributed by atoms with Crippen molar-refractivity contribution in [3.05, 3.63) is 59.7 Å². The second kappa shape index (κ2) is 9.54. The molecule has 0 bridgehead atoms. The van der Waals surface area contributed by atoms with Crippen molar-refractivity contribution in [3.63, 3.8) is 0 Å². The Morgan fingerprint density at radius 3 is 2.24 bits per heavy atom. The smallest absolute Gasteiger partial charge is 0.407 e. The van der Waals surface area contributed by atoms with Gasteiger partial charge in [0.05, 0.1) is 6.54 Å². The van der Waals surface area contributed by atoms with Crippen LogP contribution in [0.1, 0.15) is 30.4 Å². The number of likely N-dealkylation sites (N-methyl/N-ethyl adjacent to an activating group) is 1. The Kier molecular flexibility index (Phi) is 6.54. The predicted molar refractivity (Wildman–Crippen MR) is 123 cm³/mol. The average molecular weight is 466 g/mol. The highest BCUT2D eigenvalue weighted by Crippen LogP contribution is 2.44. The van der Waals surface area contributed by atoms with Gasteiger partial charge in [0.1, 0.15) is 25.2 Å². The van der Waals surface area contributed by atoms with E-state index in [1.807, 2.05) is 48.5 Å². The summed E-state index contributed by atoms with van der Waals surface area (Å²) < 4.78 is 5.51. The Hall–Kier alpha value is -3.88. The number of aliphatic carboxylic acids is 1. The van der Waals surface area contributed by atoms with E-state index in [-0.39, 0.29) is 37.9 Å². The molecule has 3 amide bonds. The van der Waals surface area contributed by atoms with Gasteiger partial charge < -0.3 is 25.0 Å². The van der Waals surface area contributed by atoms with Crippen molar-refractivity contribution in [2.45, 2.75) is 31.3 Å². The number of carboxylic acids is 1. The summed E-state index contributed by atoms with van der Waals surface area (Å²) in [6.45, 7) is 1.33. The molecule has 1 fully saturated rings. The number of piperazine rings is 1. The fourth-order valence-electron chi connectivity index (χ4n) is 4.60. The van der Waals surface area contributed by atoms with Crippen LogP contribution in [-0.4, -0.2) is 77.6 Å². The quantitative estimate of drug-likeness (QED) is 0.675. The number of hydrogen-bond donors (Lipinski definition) is 2. The van der Waals surface area contributed by atoms with Gasteiger partial charge >= 0.3 is 12.1 Å². The molecule has 4 rings (SSSR count). The molecule has 2 N–H and O–H groups in total. The summed E-state index contributed by atoms with van der Waals surface area (Å²) in [5.74, 6) is -2.31. The minimum absolute atomic E-state index is 0.0925. The summed E-state index contributed by atoms with van der Waals surface area (Å²) in [5.41, 5.74) is 4.35. The van der Waals surface area contributed by atoms with Crippen LogP contribution in [0.25, 0.3) is 11.1 Å². The number of carbonyl (C=O) groups excluding carboxylic acids is 3. The molecule has 0 radical (unpaired) electrons. The molecule has 1 saturated heterocycles. The molecule has 0 saturated carbocycles. The predicted octanol–water partition coefficient (Wildman–Crippen LogP) is 2.06. The highest BCUT2D eigenvalue weighted by atomic mass is 16.5. The summed E-state index contributed by atoms with van der Waals surface area (Å²) in [7, 11) is 1.49. The fourth-order valence-corrected chi connectivity index (χ4v) is 4.60. The number of ether oxygens (including phenoxy) is 1. The third-order valence-corrected chi connectivity index (χ3v) is 6.46. The molecule has 2 aromatic carbocycles. The largest absolute Gasteiger partial charge is 0.480 e. The highest BCUT2D eigenvalue weighted by Gasteiger charge is 2.40. The maximum atomic E-state index is 13.0. The Labute approximate surface area is 197 Å². The molecule has 0 spiro atoms. The number of rotatable bonds is 6. The van der Waals surface area contributed by atoms with Gasteiger partial charge in [0.2, 0.25) is 11.8 Å². The number of hydrogen-bond acceptors (Lipinski definition) is 5. The normalized spacial score (nSPS) is 18.2. The van der Waals surface area contributed by atoms with E-state index in [2.05, 4.69) is 5.32 Å². The van der Waals surface area contributed by atoms with Gasteiger partial charge in [-0.3, -0.25) is 9.59 Å². The van der Waals surface area contributed by atoms with Crippen molar-refractivity contribution in [2.24, 2.45) is 0 Å². The lowest BCUT2D eigenvalue weighted by atomic mass is 9.98. The van der Waals surface area contributed by atoms with E-state index in [1.54, 1.807) is 6.92 Å². The van der Waals surface area contributed by atoms with Crippen molar-refractivity contribution in [1.82, 2.24) is 15.1 Å². The summed E-state index contributed by atoms with van der Waals surface area (Å²) in [6, 6.07) is 13.7. The Bertz CT molecular complexity index is 1090. The molecule has 34 heavy (non-hydrogen) atoms. The zero-order chi connectivity index (χ0) is 24.4. The van der Waals surface area contributed by atoms with Crippen LogP contribution < -0.4 is 5.32 Å². The summed E-state index contributed by atoms with van der Waals surface area (Å²) >= 11 is 0. The molecule has 178 valence electrons. The van der Waals surface area contributed by atoms with Crippen molar-refractivity contribution in [2.75, 3.05) is 26.7 Å². The van der Waals surface area contributed by atoms with Crippen LogP contribution in [0.15, 0.2) is 48.5 Å². The summed E-state index contributed by atoms with van der Waals surface area (Å²) in [4.78, 5) is 51.7. The molecule has 2 aromatic rings. The zero-order valence-electron chi connectivity index (χ0n) is 19.1. The number of amides is 3. The molecule has 1 aliphatic heterocycles. The van der Waals surface area contributed by atoms with Crippen LogP contribution in [0.4, 0.5) is 4.79 Å². The number of nitrogens with zero attached hydrogens (tertiary/aromatic N) is 2. The van der Waals surface area contributed by atoms with E-state index in [0.717, 1.165) is 27.2 Å². The standard InChI is InChI=1S/C25H27N3O6/c1-3-20(23(30)28-13-22(29)27(2)12-21(28)24(31)32)26-25(33)34-14-19-17-10-6-4-8-15(17)16-9-5-7-11-18(16)19/h4-11,19-21H,3,12-14H2,1-2H3,(H,26,33)(H,31,32). The first kappa shape index (κ1) is 23.3. The van der Waals surface area contributed by atoms with Gasteiger partial charge in [0.25, 0.3) is 0 Å². The molecule has 2 atom stereocenters. The topological polar surface area (TPSA) is 116 Å². The van der Waals surface area contributed by atoms with Crippen molar-refractivity contribution < 1.29 is 29.0 Å². The van der Waals surface area contributed by atoms with E-state index in [0.29, 0.717) is 0 Å². The minimum Gasteiger partial charge on any atom is -0.480 e. The minimum atomic E-state index is -1.20.